The average Bonchev–Trinajstić information content (AvgIpc) is 3.14. The summed E-state index contributed by atoms with van der Waals surface area (Å²) in [7, 11) is 1.40. The number of carbonyl (C=O) groups is 2. The van der Waals surface area contributed by atoms with Crippen molar-refractivity contribution in [2.24, 2.45) is 4.99 Å². The first-order chi connectivity index (χ1) is 14.8. The van der Waals surface area contributed by atoms with Crippen LogP contribution in [0.1, 0.15) is 62.8 Å². The molecule has 0 aromatic heterocycles. The number of benzene rings is 1. The molecule has 0 bridgehead atoms. The lowest BCUT2D eigenvalue weighted by Gasteiger charge is -2.37. The standard InChI is InChI=1S/C24H31N3O3S/c1-7-16(5)25-20(28)12-17-13-31-24-26-19(8-2)21(23(29)30-6)22(27(17)24)18-10-9-14(3)11-15(18)4/h9-11,13,16,22H,7-8,12H2,1-6H3,(H,25,28). The number of hydrogen-bond donors (Lipinski definition) is 1. The van der Waals surface area contributed by atoms with Crippen LogP contribution >= 0.6 is 11.8 Å². The van der Waals surface area contributed by atoms with E-state index < -0.39 is 0 Å². The van der Waals surface area contributed by atoms with Gasteiger partial charge in [-0.3, -0.25) is 4.79 Å². The average molecular weight is 442 g/mol. The van der Waals surface area contributed by atoms with Crippen LogP contribution in [0.15, 0.2) is 45.6 Å². The monoisotopic (exact) mass is 441 g/mol. The number of rotatable bonds is 7. The lowest BCUT2D eigenvalue weighted by Crippen LogP contribution is -2.39. The largest absolute Gasteiger partial charge is 0.466 e. The molecule has 3 rings (SSSR count). The van der Waals surface area contributed by atoms with Gasteiger partial charge in [-0.25, -0.2) is 9.79 Å². The van der Waals surface area contributed by atoms with Gasteiger partial charge in [0, 0.05) is 11.7 Å². The summed E-state index contributed by atoms with van der Waals surface area (Å²) in [6.45, 7) is 10.1. The molecule has 6 nitrogen and oxygen atoms in total. The van der Waals surface area contributed by atoms with Crippen molar-refractivity contribution in [3.8, 4) is 0 Å². The third-order valence-electron chi connectivity index (χ3n) is 5.71. The Balaban J connectivity index is 2.07. The molecule has 1 aromatic carbocycles. The van der Waals surface area contributed by atoms with Gasteiger partial charge in [-0.15, -0.1) is 0 Å². The number of nitrogens with zero attached hydrogens (tertiary/aromatic N) is 2. The first-order valence-corrected chi connectivity index (χ1v) is 11.6. The van der Waals surface area contributed by atoms with E-state index in [1.807, 2.05) is 31.1 Å². The van der Waals surface area contributed by atoms with Gasteiger partial charge in [-0.2, -0.15) is 0 Å². The van der Waals surface area contributed by atoms with E-state index in [4.69, 9.17) is 9.73 Å². The van der Waals surface area contributed by atoms with E-state index in [1.165, 1.54) is 18.9 Å². The van der Waals surface area contributed by atoms with E-state index in [0.29, 0.717) is 12.0 Å². The van der Waals surface area contributed by atoms with Crippen LogP contribution in [0, 0.1) is 13.8 Å². The molecule has 0 saturated heterocycles. The van der Waals surface area contributed by atoms with Gasteiger partial charge in [-0.05, 0) is 50.1 Å². The summed E-state index contributed by atoms with van der Waals surface area (Å²) in [4.78, 5) is 32.4. The van der Waals surface area contributed by atoms with Crippen LogP contribution in [0.25, 0.3) is 0 Å². The molecule has 1 amide bonds. The molecule has 0 saturated carbocycles. The number of fused-ring (bicyclic) bond motifs is 1. The van der Waals surface area contributed by atoms with E-state index >= 15 is 0 Å². The lowest BCUT2D eigenvalue weighted by molar-refractivity contribution is -0.136. The molecule has 2 aliphatic heterocycles. The fourth-order valence-corrected chi connectivity index (χ4v) is 4.87. The Hall–Kier alpha value is -2.54. The summed E-state index contributed by atoms with van der Waals surface area (Å²) in [6, 6.07) is 5.96. The highest BCUT2D eigenvalue weighted by Gasteiger charge is 2.42. The van der Waals surface area contributed by atoms with Crippen molar-refractivity contribution in [2.45, 2.75) is 66.0 Å². The Morgan fingerprint density at radius 2 is 2.03 bits per heavy atom. The minimum Gasteiger partial charge on any atom is -0.466 e. The second-order valence-electron chi connectivity index (χ2n) is 8.01. The Labute approximate surface area is 188 Å². The highest BCUT2D eigenvalue weighted by atomic mass is 32.2. The van der Waals surface area contributed by atoms with Gasteiger partial charge in [0.15, 0.2) is 5.17 Å². The van der Waals surface area contributed by atoms with Crippen LogP contribution < -0.4 is 5.32 Å². The van der Waals surface area contributed by atoms with E-state index in [1.54, 1.807) is 0 Å². The molecule has 0 radical (unpaired) electrons. The molecule has 166 valence electrons. The molecule has 0 aliphatic carbocycles. The fourth-order valence-electron chi connectivity index (χ4n) is 3.93. The van der Waals surface area contributed by atoms with E-state index in [9.17, 15) is 9.59 Å². The SMILES string of the molecule is CCC1=C(C(=O)OC)C(c2ccc(C)cc2C)N2C(CC(=O)NC(C)CC)=CSC2=N1. The molecular formula is C24H31N3O3S. The van der Waals surface area contributed by atoms with E-state index in [-0.39, 0.29) is 30.4 Å². The van der Waals surface area contributed by atoms with Crippen LogP contribution in [0.4, 0.5) is 0 Å². The Bertz CT molecular complexity index is 980. The van der Waals surface area contributed by atoms with Gasteiger partial charge in [-0.1, -0.05) is 49.4 Å². The number of amidine groups is 1. The number of amides is 1. The number of esters is 1. The highest BCUT2D eigenvalue weighted by molar-refractivity contribution is 8.16. The van der Waals surface area contributed by atoms with Gasteiger partial charge < -0.3 is 15.0 Å². The molecule has 2 aliphatic rings. The summed E-state index contributed by atoms with van der Waals surface area (Å²) in [6.07, 6.45) is 1.72. The maximum atomic E-state index is 12.9. The van der Waals surface area contributed by atoms with Gasteiger partial charge >= 0.3 is 5.97 Å². The molecule has 2 atom stereocenters. The molecule has 0 fully saturated rings. The zero-order chi connectivity index (χ0) is 22.7. The zero-order valence-electron chi connectivity index (χ0n) is 19.1. The van der Waals surface area contributed by atoms with Crippen molar-refractivity contribution in [3.05, 3.63) is 57.3 Å². The summed E-state index contributed by atoms with van der Waals surface area (Å²) in [5.41, 5.74) is 5.37. The summed E-state index contributed by atoms with van der Waals surface area (Å²) >= 11 is 1.50. The Morgan fingerprint density at radius 3 is 2.65 bits per heavy atom. The maximum Gasteiger partial charge on any atom is 0.338 e. The topological polar surface area (TPSA) is 71.0 Å². The molecule has 31 heavy (non-hydrogen) atoms. The van der Waals surface area contributed by atoms with Crippen molar-refractivity contribution in [1.29, 1.82) is 0 Å². The molecule has 1 N–H and O–H groups in total. The number of carbonyl (C=O) groups excluding carboxylic acids is 2. The number of aliphatic imine (C=N–C) groups is 1. The van der Waals surface area contributed by atoms with Crippen molar-refractivity contribution >= 4 is 28.8 Å². The normalized spacial score (nSPS) is 18.9. The first-order valence-electron chi connectivity index (χ1n) is 10.7. The Morgan fingerprint density at radius 1 is 1.29 bits per heavy atom. The summed E-state index contributed by atoms with van der Waals surface area (Å²) < 4.78 is 5.17. The number of methoxy groups -OCH3 is 1. The molecule has 2 unspecified atom stereocenters. The predicted molar refractivity (Wildman–Crippen MR) is 125 cm³/mol. The van der Waals surface area contributed by atoms with Crippen LogP contribution in [-0.2, 0) is 14.3 Å². The van der Waals surface area contributed by atoms with E-state index in [2.05, 4.69) is 37.4 Å². The molecule has 7 heteroatoms. The van der Waals surface area contributed by atoms with Crippen molar-refractivity contribution < 1.29 is 14.3 Å². The molecule has 2 heterocycles. The van der Waals surface area contributed by atoms with Gasteiger partial charge in [0.05, 0.1) is 30.8 Å². The predicted octanol–water partition coefficient (Wildman–Crippen LogP) is 4.75. The lowest BCUT2D eigenvalue weighted by atomic mass is 9.89. The van der Waals surface area contributed by atoms with Crippen molar-refractivity contribution in [1.82, 2.24) is 10.2 Å². The van der Waals surface area contributed by atoms with Gasteiger partial charge in [0.1, 0.15) is 0 Å². The molecule has 0 spiro atoms. The second-order valence-corrected chi connectivity index (χ2v) is 8.85. The zero-order valence-corrected chi connectivity index (χ0v) is 19.9. The van der Waals surface area contributed by atoms with Crippen molar-refractivity contribution in [3.63, 3.8) is 0 Å². The Kier molecular flexibility index (Phi) is 7.26. The number of nitrogens with one attached hydrogen (secondary N) is 1. The van der Waals surface area contributed by atoms with Crippen LogP contribution in [-0.4, -0.2) is 35.1 Å². The van der Waals surface area contributed by atoms with Crippen molar-refractivity contribution in [2.75, 3.05) is 7.11 Å². The van der Waals surface area contributed by atoms with E-state index in [0.717, 1.165) is 39.7 Å². The smallest absolute Gasteiger partial charge is 0.338 e. The molecule has 1 aromatic rings. The number of allylic oxidation sites excluding steroid dienone is 1. The summed E-state index contributed by atoms with van der Waals surface area (Å²) in [5.74, 6) is -0.420. The van der Waals surface area contributed by atoms with Crippen LogP contribution in [0.2, 0.25) is 0 Å². The van der Waals surface area contributed by atoms with Gasteiger partial charge in [0.2, 0.25) is 5.91 Å². The number of ether oxygens (including phenoxy) is 1. The number of thioether (sulfide) groups is 1. The second kappa shape index (κ2) is 9.73. The highest BCUT2D eigenvalue weighted by Crippen LogP contribution is 2.46. The summed E-state index contributed by atoms with van der Waals surface area (Å²) in [5, 5.41) is 5.80. The van der Waals surface area contributed by atoms with Crippen LogP contribution in [0.5, 0.6) is 0 Å². The quantitative estimate of drug-likeness (QED) is 0.619. The van der Waals surface area contributed by atoms with Crippen LogP contribution in [0.3, 0.4) is 0 Å². The number of aryl methyl sites for hydroxylation is 2. The minimum atomic E-state index is -0.384. The first kappa shape index (κ1) is 23.1. The third kappa shape index (κ3) is 4.71. The maximum absolute atomic E-state index is 12.9. The number of hydrogen-bond acceptors (Lipinski definition) is 6. The fraction of sp³-hybridized carbons (Fsp3) is 0.458. The minimum absolute atomic E-state index is 0.0354. The third-order valence-corrected chi connectivity index (χ3v) is 6.60. The molecular weight excluding hydrogens is 410 g/mol. The van der Waals surface area contributed by atoms with Gasteiger partial charge in [0.25, 0.3) is 0 Å².